The maximum atomic E-state index is 5.44. The molecule has 0 amide bonds. The van der Waals surface area contributed by atoms with Crippen molar-refractivity contribution < 1.29 is 0 Å². The average molecular weight is 793 g/mol. The highest BCUT2D eigenvalue weighted by atomic mass is 32.2. The Morgan fingerprint density at radius 1 is 0.250 bits per heavy atom. The van der Waals surface area contributed by atoms with Gasteiger partial charge in [-0.25, -0.2) is 0 Å². The third-order valence-corrected chi connectivity index (χ3v) is 22.5. The van der Waals surface area contributed by atoms with Crippen LogP contribution in [-0.2, 0) is 0 Å². The van der Waals surface area contributed by atoms with Gasteiger partial charge in [-0.05, 0) is 55.4 Å². The molecule has 16 bridgehead atoms. The molecule has 9 heterocycles. The zero-order valence-electron chi connectivity index (χ0n) is 28.5. The maximum Gasteiger partial charge on any atom is 0.116 e. The lowest BCUT2D eigenvalue weighted by Gasteiger charge is -2.23. The number of thioether (sulfide) groups is 8. The molecule has 48 heavy (non-hydrogen) atoms. The van der Waals surface area contributed by atoms with Crippen molar-refractivity contribution in [1.82, 2.24) is 0 Å². The molecule has 0 N–H and O–H groups in total. The van der Waals surface area contributed by atoms with E-state index in [2.05, 4.69) is 55.4 Å². The van der Waals surface area contributed by atoms with E-state index in [0.717, 1.165) is 86.4 Å². The van der Waals surface area contributed by atoms with E-state index in [0.29, 0.717) is 0 Å². The van der Waals surface area contributed by atoms with Crippen molar-refractivity contribution in [1.29, 1.82) is 0 Å². The van der Waals surface area contributed by atoms with E-state index in [4.69, 9.17) is 39.9 Å². The van der Waals surface area contributed by atoms with Crippen LogP contribution in [0.4, 0.5) is 0 Å². The van der Waals surface area contributed by atoms with Crippen molar-refractivity contribution in [3.63, 3.8) is 0 Å². The molecular weight excluding hydrogens is 753 g/mol. The second kappa shape index (κ2) is 10.9. The van der Waals surface area contributed by atoms with Crippen LogP contribution in [0.2, 0.25) is 0 Å². The Labute approximate surface area is 317 Å². The number of rotatable bonds is 0. The van der Waals surface area contributed by atoms with Gasteiger partial charge in [0.2, 0.25) is 0 Å². The van der Waals surface area contributed by atoms with Crippen LogP contribution in [0.3, 0.4) is 0 Å². The number of hydrogen-bond acceptors (Lipinski definition) is 16. The fraction of sp³-hybridized carbons (Fsp3) is 0.750. The summed E-state index contributed by atoms with van der Waals surface area (Å²) in [4.78, 5) is 43.5. The van der Waals surface area contributed by atoms with Crippen LogP contribution in [0.1, 0.15) is 55.4 Å². The molecular formula is C32H40N8S8. The van der Waals surface area contributed by atoms with E-state index in [1.165, 1.54) is 0 Å². The molecule has 16 heteroatoms. The minimum absolute atomic E-state index is 0.348. The van der Waals surface area contributed by atoms with Gasteiger partial charge in [0.15, 0.2) is 0 Å². The lowest BCUT2D eigenvalue weighted by atomic mass is 10.0. The Balaban J connectivity index is 1.15. The summed E-state index contributed by atoms with van der Waals surface area (Å²) in [7, 11) is 0. The summed E-state index contributed by atoms with van der Waals surface area (Å²) >= 11 is 14.9. The molecule has 9 rings (SSSR count). The van der Waals surface area contributed by atoms with Crippen molar-refractivity contribution in [2.24, 2.45) is 39.9 Å². The normalized spacial score (nSPS) is 49.2. The first-order chi connectivity index (χ1) is 22.5. The van der Waals surface area contributed by atoms with Crippen LogP contribution >= 0.6 is 94.1 Å². The quantitative estimate of drug-likeness (QED) is 0.237. The molecule has 0 aromatic heterocycles. The second-order valence-corrected chi connectivity index (χ2v) is 23.5. The fourth-order valence-corrected chi connectivity index (χ4v) is 18.3. The molecule has 0 aliphatic carbocycles. The Morgan fingerprint density at radius 3 is 0.458 bits per heavy atom. The van der Waals surface area contributed by atoms with E-state index in [-0.39, 0.29) is 44.3 Å². The summed E-state index contributed by atoms with van der Waals surface area (Å²) in [6.07, 6.45) is 0. The van der Waals surface area contributed by atoms with Gasteiger partial charge in [0.25, 0.3) is 0 Å². The smallest absolute Gasteiger partial charge is 0.116 e. The summed E-state index contributed by atoms with van der Waals surface area (Å²) in [6, 6.07) is 0. The summed E-state index contributed by atoms with van der Waals surface area (Å²) < 4.78 is 0. The maximum absolute atomic E-state index is 5.44. The van der Waals surface area contributed by atoms with E-state index >= 15 is 0 Å². The predicted octanol–water partition coefficient (Wildman–Crippen LogP) is 7.23. The molecule has 8 nitrogen and oxygen atoms in total. The van der Waals surface area contributed by atoms with Gasteiger partial charge in [0.1, 0.15) is 44.3 Å². The van der Waals surface area contributed by atoms with Gasteiger partial charge in [-0.2, -0.15) is 0 Å². The SMILES string of the molecule is C[C@@]12CSC(=N1)[C@]1(C)CSC(=N1)[C@]1(C)CSC(=N1)[C@]1(C)CSC(=N1)[C@]1(C)CSC(=N1)[C@]1(C)CSC(=N1)[C@]1(C)CSC(=N1)[C@]1(C)CSC2=N1. The Kier molecular flexibility index (Phi) is 7.69. The van der Waals surface area contributed by atoms with Crippen molar-refractivity contribution in [3.05, 3.63) is 0 Å². The van der Waals surface area contributed by atoms with Crippen LogP contribution in [0.5, 0.6) is 0 Å². The third kappa shape index (κ3) is 5.08. The lowest BCUT2D eigenvalue weighted by Crippen LogP contribution is -2.35. The highest BCUT2D eigenvalue weighted by molar-refractivity contribution is 8.19. The highest BCUT2D eigenvalue weighted by Gasteiger charge is 2.55. The van der Waals surface area contributed by atoms with E-state index < -0.39 is 0 Å². The molecule has 9 aliphatic heterocycles. The summed E-state index contributed by atoms with van der Waals surface area (Å²) in [5, 5.41) is 9.06. The molecule has 0 fully saturated rings. The standard InChI is InChI=1S/C32H40N8S8/c1-25-9-41-18(33-25)26(2)11-43-20(35-26)28(4)13-45-22(37-28)30(6)15-47-24(39-30)32(8)16-48-23(40-32)31(7)14-46-21(38-31)29(5)12-44-19(36-29)27(3)10-42-17(25)34-27/h9-16H2,1-8H3/t25-,26-,27-,28-,29-,30-,31-,32-/m0/s1. The molecule has 9 aliphatic rings. The van der Waals surface area contributed by atoms with Gasteiger partial charge < -0.3 is 0 Å². The van der Waals surface area contributed by atoms with Gasteiger partial charge in [0.05, 0.1) is 40.3 Å². The van der Waals surface area contributed by atoms with Crippen molar-refractivity contribution in [2.75, 3.05) is 46.0 Å². The van der Waals surface area contributed by atoms with Gasteiger partial charge >= 0.3 is 0 Å². The molecule has 256 valence electrons. The van der Waals surface area contributed by atoms with E-state index in [1.54, 1.807) is 0 Å². The predicted molar refractivity (Wildman–Crippen MR) is 226 cm³/mol. The lowest BCUT2D eigenvalue weighted by molar-refractivity contribution is 0.661. The first-order valence-electron chi connectivity index (χ1n) is 16.3. The average Bonchev–Trinajstić information content (AvgIpc) is 3.85. The Hall–Kier alpha value is 0.160. The van der Waals surface area contributed by atoms with E-state index in [1.807, 2.05) is 94.1 Å². The number of aliphatic imine (C=N–C) groups is 8. The topological polar surface area (TPSA) is 98.9 Å². The summed E-state index contributed by atoms with van der Waals surface area (Å²) in [5.41, 5.74) is -2.78. The Morgan fingerprint density at radius 2 is 0.354 bits per heavy atom. The van der Waals surface area contributed by atoms with Crippen molar-refractivity contribution in [2.45, 2.75) is 99.7 Å². The van der Waals surface area contributed by atoms with Gasteiger partial charge in [-0.1, -0.05) is 0 Å². The molecule has 0 unspecified atom stereocenters. The van der Waals surface area contributed by atoms with Gasteiger partial charge in [-0.15, -0.1) is 94.1 Å². The van der Waals surface area contributed by atoms with Crippen LogP contribution in [0, 0.1) is 0 Å². The number of fused-ring (bicyclic) bond motifs is 16. The molecule has 0 aromatic carbocycles. The zero-order chi connectivity index (χ0) is 33.6. The number of nitrogens with zero attached hydrogens (tertiary/aromatic N) is 8. The van der Waals surface area contributed by atoms with Crippen molar-refractivity contribution in [3.8, 4) is 0 Å². The second-order valence-electron chi connectivity index (χ2n) is 15.8. The van der Waals surface area contributed by atoms with Crippen LogP contribution in [0.25, 0.3) is 0 Å². The molecule has 0 saturated heterocycles. The summed E-state index contributed by atoms with van der Waals surface area (Å²) in [6.45, 7) is 18.1. The van der Waals surface area contributed by atoms with Crippen LogP contribution in [0.15, 0.2) is 39.9 Å². The third-order valence-electron chi connectivity index (χ3n) is 10.4. The first-order valence-corrected chi connectivity index (χ1v) is 24.2. The van der Waals surface area contributed by atoms with E-state index in [9.17, 15) is 0 Å². The fourth-order valence-electron chi connectivity index (χ4n) is 7.06. The first kappa shape index (κ1) is 34.0. The minimum Gasteiger partial charge on any atom is -0.266 e. The Bertz CT molecular complexity index is 1420. The monoisotopic (exact) mass is 792 g/mol. The molecule has 0 aromatic rings. The molecule has 0 radical (unpaired) electrons. The van der Waals surface area contributed by atoms with Crippen LogP contribution in [-0.4, -0.2) is 131 Å². The zero-order valence-corrected chi connectivity index (χ0v) is 35.0. The van der Waals surface area contributed by atoms with Gasteiger partial charge in [0, 0.05) is 46.0 Å². The van der Waals surface area contributed by atoms with Gasteiger partial charge in [-0.3, -0.25) is 39.9 Å². The molecule has 0 saturated carbocycles. The minimum atomic E-state index is -0.348. The number of hydrogen-bond donors (Lipinski definition) is 0. The van der Waals surface area contributed by atoms with Crippen LogP contribution < -0.4 is 0 Å². The highest BCUT2D eigenvalue weighted by Crippen LogP contribution is 2.51. The van der Waals surface area contributed by atoms with Crippen molar-refractivity contribution >= 4 is 134 Å². The molecule has 0 spiro atoms. The summed E-state index contributed by atoms with van der Waals surface area (Å²) in [5.74, 6) is 7.15. The largest absolute Gasteiger partial charge is 0.266 e. The molecule has 8 atom stereocenters.